The first kappa shape index (κ1) is 14.6. The van der Waals surface area contributed by atoms with Crippen LogP contribution in [0.3, 0.4) is 0 Å². The lowest BCUT2D eigenvalue weighted by Crippen LogP contribution is -2.37. The zero-order valence-electron chi connectivity index (χ0n) is 12.8. The van der Waals surface area contributed by atoms with Gasteiger partial charge in [0.15, 0.2) is 11.6 Å². The van der Waals surface area contributed by atoms with E-state index in [1.165, 1.54) is 5.56 Å². The van der Waals surface area contributed by atoms with E-state index in [-0.39, 0.29) is 0 Å². The zero-order valence-corrected chi connectivity index (χ0v) is 12.8. The van der Waals surface area contributed by atoms with Crippen molar-refractivity contribution >= 4 is 17.3 Å². The molecule has 0 bridgehead atoms. The second-order valence-electron chi connectivity index (χ2n) is 5.38. The first-order valence-electron chi connectivity index (χ1n) is 7.44. The molecular formula is C16H21N5O. The van der Waals surface area contributed by atoms with Crippen LogP contribution in [0.5, 0.6) is 0 Å². The van der Waals surface area contributed by atoms with Crippen molar-refractivity contribution < 1.29 is 4.74 Å². The lowest BCUT2D eigenvalue weighted by atomic mass is 10.2. The molecule has 0 radical (unpaired) electrons. The zero-order chi connectivity index (χ0) is 15.4. The molecule has 1 aliphatic heterocycles. The van der Waals surface area contributed by atoms with E-state index in [2.05, 4.69) is 31.9 Å². The first-order chi connectivity index (χ1) is 10.8. The predicted molar refractivity (Wildman–Crippen MR) is 88.0 cm³/mol. The highest BCUT2D eigenvalue weighted by Gasteiger charge is 2.19. The molecule has 3 rings (SSSR count). The van der Waals surface area contributed by atoms with Crippen LogP contribution in [0.2, 0.25) is 0 Å². The standard InChI is InChI=1S/C16H21N5O/c1-20(11-13-5-3-2-4-6-13)15-14(17)16(19-12-18-15)21-7-9-22-10-8-21/h2-6,12H,7-11,17H2,1H3. The van der Waals surface area contributed by atoms with Gasteiger partial charge in [0.2, 0.25) is 0 Å². The molecule has 1 fully saturated rings. The van der Waals surface area contributed by atoms with E-state index in [0.29, 0.717) is 18.9 Å². The SMILES string of the molecule is CN(Cc1ccccc1)c1ncnc(N2CCOCC2)c1N. The molecule has 1 aliphatic rings. The summed E-state index contributed by atoms with van der Waals surface area (Å²) in [6, 6.07) is 10.3. The molecule has 0 saturated carbocycles. The van der Waals surface area contributed by atoms with Crippen molar-refractivity contribution in [3.05, 3.63) is 42.2 Å². The third-order valence-corrected chi connectivity index (χ3v) is 3.78. The summed E-state index contributed by atoms with van der Waals surface area (Å²) >= 11 is 0. The lowest BCUT2D eigenvalue weighted by molar-refractivity contribution is 0.122. The van der Waals surface area contributed by atoms with Crippen LogP contribution >= 0.6 is 0 Å². The van der Waals surface area contributed by atoms with Crippen LogP contribution in [0.15, 0.2) is 36.7 Å². The summed E-state index contributed by atoms with van der Waals surface area (Å²) in [7, 11) is 1.99. The molecule has 0 aliphatic carbocycles. The molecule has 0 unspecified atom stereocenters. The quantitative estimate of drug-likeness (QED) is 0.923. The molecule has 0 atom stereocenters. The predicted octanol–water partition coefficient (Wildman–Crippen LogP) is 1.53. The monoisotopic (exact) mass is 299 g/mol. The molecule has 116 valence electrons. The third kappa shape index (κ3) is 3.12. The number of hydrogen-bond acceptors (Lipinski definition) is 6. The highest BCUT2D eigenvalue weighted by Crippen LogP contribution is 2.29. The fraction of sp³-hybridized carbons (Fsp3) is 0.375. The Morgan fingerprint density at radius 2 is 1.91 bits per heavy atom. The number of ether oxygens (including phenoxy) is 1. The van der Waals surface area contributed by atoms with E-state index >= 15 is 0 Å². The number of nitrogens with zero attached hydrogens (tertiary/aromatic N) is 4. The number of benzene rings is 1. The van der Waals surface area contributed by atoms with Gasteiger partial charge in [0.25, 0.3) is 0 Å². The summed E-state index contributed by atoms with van der Waals surface area (Å²) in [6.45, 7) is 3.79. The van der Waals surface area contributed by atoms with Crippen LogP contribution in [0.25, 0.3) is 0 Å². The van der Waals surface area contributed by atoms with Crippen molar-refractivity contribution in [3.63, 3.8) is 0 Å². The molecular weight excluding hydrogens is 278 g/mol. The molecule has 2 N–H and O–H groups in total. The van der Waals surface area contributed by atoms with Crippen molar-refractivity contribution in [1.82, 2.24) is 9.97 Å². The van der Waals surface area contributed by atoms with E-state index in [4.69, 9.17) is 10.5 Å². The molecule has 6 heteroatoms. The van der Waals surface area contributed by atoms with E-state index < -0.39 is 0 Å². The number of hydrogen-bond donors (Lipinski definition) is 1. The molecule has 1 saturated heterocycles. The number of nitrogens with two attached hydrogens (primary N) is 1. The molecule has 2 aromatic rings. The van der Waals surface area contributed by atoms with Gasteiger partial charge in [-0.2, -0.15) is 0 Å². The Bertz CT molecular complexity index is 613. The maximum atomic E-state index is 6.32. The van der Waals surface area contributed by atoms with Gasteiger partial charge in [0.1, 0.15) is 12.0 Å². The van der Waals surface area contributed by atoms with Crippen LogP contribution < -0.4 is 15.5 Å². The Kier molecular flexibility index (Phi) is 4.39. The number of aromatic nitrogens is 2. The van der Waals surface area contributed by atoms with E-state index in [9.17, 15) is 0 Å². The summed E-state index contributed by atoms with van der Waals surface area (Å²) in [5, 5.41) is 0. The van der Waals surface area contributed by atoms with Gasteiger partial charge in [-0.3, -0.25) is 0 Å². The minimum absolute atomic E-state index is 0.628. The Labute approximate surface area is 130 Å². The molecule has 22 heavy (non-hydrogen) atoms. The van der Waals surface area contributed by atoms with Crippen molar-refractivity contribution in [2.45, 2.75) is 6.54 Å². The van der Waals surface area contributed by atoms with Gasteiger partial charge < -0.3 is 20.3 Å². The fourth-order valence-electron chi connectivity index (χ4n) is 2.64. The van der Waals surface area contributed by atoms with Crippen molar-refractivity contribution in [3.8, 4) is 0 Å². The first-order valence-corrected chi connectivity index (χ1v) is 7.44. The third-order valence-electron chi connectivity index (χ3n) is 3.78. The highest BCUT2D eigenvalue weighted by molar-refractivity contribution is 5.75. The van der Waals surface area contributed by atoms with Gasteiger partial charge in [-0.25, -0.2) is 9.97 Å². The summed E-state index contributed by atoms with van der Waals surface area (Å²) < 4.78 is 5.38. The van der Waals surface area contributed by atoms with E-state index in [0.717, 1.165) is 31.3 Å². The second-order valence-corrected chi connectivity index (χ2v) is 5.38. The van der Waals surface area contributed by atoms with Crippen LogP contribution in [-0.4, -0.2) is 43.3 Å². The molecule has 1 aromatic heterocycles. The average molecular weight is 299 g/mol. The topological polar surface area (TPSA) is 67.5 Å². The Hall–Kier alpha value is -2.34. The minimum Gasteiger partial charge on any atom is -0.393 e. The number of rotatable bonds is 4. The van der Waals surface area contributed by atoms with E-state index in [1.54, 1.807) is 6.33 Å². The maximum Gasteiger partial charge on any atom is 0.157 e. The Morgan fingerprint density at radius 3 is 2.64 bits per heavy atom. The van der Waals surface area contributed by atoms with Gasteiger partial charge in [-0.1, -0.05) is 30.3 Å². The van der Waals surface area contributed by atoms with Gasteiger partial charge in [-0.15, -0.1) is 0 Å². The van der Waals surface area contributed by atoms with Crippen molar-refractivity contribution in [2.24, 2.45) is 0 Å². The normalized spacial score (nSPS) is 14.9. The van der Waals surface area contributed by atoms with Crippen LogP contribution in [0.4, 0.5) is 17.3 Å². The summed E-state index contributed by atoms with van der Waals surface area (Å²) in [4.78, 5) is 12.9. The summed E-state index contributed by atoms with van der Waals surface area (Å²) in [5.74, 6) is 1.56. The molecule has 0 amide bonds. The van der Waals surface area contributed by atoms with Gasteiger partial charge in [0, 0.05) is 26.7 Å². The molecule has 0 spiro atoms. The average Bonchev–Trinajstić information content (AvgIpc) is 2.56. The van der Waals surface area contributed by atoms with Gasteiger partial charge in [0.05, 0.1) is 13.2 Å². The lowest BCUT2D eigenvalue weighted by Gasteiger charge is -2.30. The van der Waals surface area contributed by atoms with Crippen LogP contribution in [0, 0.1) is 0 Å². The number of nitrogen functional groups attached to an aromatic ring is 1. The van der Waals surface area contributed by atoms with E-state index in [1.807, 2.05) is 25.2 Å². The molecule has 2 heterocycles. The van der Waals surface area contributed by atoms with Crippen molar-refractivity contribution in [2.75, 3.05) is 48.9 Å². The Balaban J connectivity index is 1.81. The fourth-order valence-corrected chi connectivity index (χ4v) is 2.64. The largest absolute Gasteiger partial charge is 0.393 e. The number of morpholine rings is 1. The molecule has 1 aromatic carbocycles. The van der Waals surface area contributed by atoms with Crippen molar-refractivity contribution in [1.29, 1.82) is 0 Å². The smallest absolute Gasteiger partial charge is 0.157 e. The summed E-state index contributed by atoms with van der Waals surface area (Å²) in [5.41, 5.74) is 8.17. The van der Waals surface area contributed by atoms with Gasteiger partial charge in [-0.05, 0) is 5.56 Å². The highest BCUT2D eigenvalue weighted by atomic mass is 16.5. The number of anilines is 3. The summed E-state index contributed by atoms with van der Waals surface area (Å²) in [6.07, 6.45) is 1.58. The van der Waals surface area contributed by atoms with Crippen LogP contribution in [0.1, 0.15) is 5.56 Å². The maximum absolute atomic E-state index is 6.32. The van der Waals surface area contributed by atoms with Gasteiger partial charge >= 0.3 is 0 Å². The molecule has 6 nitrogen and oxygen atoms in total. The van der Waals surface area contributed by atoms with Crippen LogP contribution in [-0.2, 0) is 11.3 Å². The minimum atomic E-state index is 0.628. The second kappa shape index (κ2) is 6.62. The Morgan fingerprint density at radius 1 is 1.18 bits per heavy atom.